The number of piperazine rings is 1. The van der Waals surface area contributed by atoms with Gasteiger partial charge in [0.25, 0.3) is 5.91 Å². The third kappa shape index (κ3) is 4.61. The molecule has 0 bridgehead atoms. The standard InChI is InChI=1S/C24H28N4OS/c1-3-19-17-20(24(30-19)26-23(29)18-9-5-4-6-10-18)22(21-11-7-8-12-25-21)28-15-13-27(2)14-16-28/h4-12,17,22H,3,13-16H2,1-2H3,(H,26,29)/t22-/m1/s1. The lowest BCUT2D eigenvalue weighted by atomic mass is 10.0. The summed E-state index contributed by atoms with van der Waals surface area (Å²) >= 11 is 1.67. The molecule has 1 fully saturated rings. The number of thiophene rings is 1. The molecule has 1 aliphatic heterocycles. The lowest BCUT2D eigenvalue weighted by Gasteiger charge is -2.38. The summed E-state index contributed by atoms with van der Waals surface area (Å²) in [7, 11) is 2.17. The molecule has 0 aliphatic carbocycles. The average molecular weight is 421 g/mol. The van der Waals surface area contributed by atoms with E-state index in [1.807, 2.05) is 48.7 Å². The van der Waals surface area contributed by atoms with E-state index >= 15 is 0 Å². The summed E-state index contributed by atoms with van der Waals surface area (Å²) in [6.45, 7) is 6.16. The number of pyridine rings is 1. The van der Waals surface area contributed by atoms with Crippen molar-refractivity contribution in [2.45, 2.75) is 19.4 Å². The Morgan fingerprint density at radius 3 is 2.50 bits per heavy atom. The molecule has 0 saturated carbocycles. The highest BCUT2D eigenvalue weighted by atomic mass is 32.1. The predicted molar refractivity (Wildman–Crippen MR) is 123 cm³/mol. The van der Waals surface area contributed by atoms with Gasteiger partial charge in [-0.05, 0) is 43.8 Å². The Hall–Kier alpha value is -2.54. The highest BCUT2D eigenvalue weighted by Crippen LogP contribution is 2.39. The van der Waals surface area contributed by atoms with Gasteiger partial charge in [0.1, 0.15) is 5.00 Å². The van der Waals surface area contributed by atoms with Crippen LogP contribution in [0.1, 0.15) is 39.5 Å². The summed E-state index contributed by atoms with van der Waals surface area (Å²) in [5.41, 5.74) is 2.84. The molecule has 0 spiro atoms. The summed E-state index contributed by atoms with van der Waals surface area (Å²) in [5, 5.41) is 4.12. The van der Waals surface area contributed by atoms with Crippen LogP contribution in [0, 0.1) is 0 Å². The van der Waals surface area contributed by atoms with Gasteiger partial charge in [0.2, 0.25) is 0 Å². The smallest absolute Gasteiger partial charge is 0.256 e. The van der Waals surface area contributed by atoms with Gasteiger partial charge in [0.05, 0.1) is 11.7 Å². The fourth-order valence-electron chi connectivity index (χ4n) is 3.86. The maximum Gasteiger partial charge on any atom is 0.256 e. The van der Waals surface area contributed by atoms with E-state index in [0.717, 1.165) is 48.9 Å². The Morgan fingerprint density at radius 2 is 1.83 bits per heavy atom. The molecule has 0 unspecified atom stereocenters. The second-order valence-corrected chi connectivity index (χ2v) is 8.80. The molecule has 30 heavy (non-hydrogen) atoms. The fraction of sp³-hybridized carbons (Fsp3) is 0.333. The third-order valence-corrected chi connectivity index (χ3v) is 6.80. The van der Waals surface area contributed by atoms with Crippen molar-refractivity contribution in [3.63, 3.8) is 0 Å². The molecule has 1 amide bonds. The van der Waals surface area contributed by atoms with Crippen molar-refractivity contribution in [1.82, 2.24) is 14.8 Å². The minimum Gasteiger partial charge on any atom is -0.313 e. The predicted octanol–water partition coefficient (Wildman–Crippen LogP) is 4.29. The highest BCUT2D eigenvalue weighted by Gasteiger charge is 2.30. The van der Waals surface area contributed by atoms with Crippen LogP contribution in [0.5, 0.6) is 0 Å². The number of aromatic nitrogens is 1. The topological polar surface area (TPSA) is 48.5 Å². The van der Waals surface area contributed by atoms with Crippen LogP contribution in [-0.4, -0.2) is 53.9 Å². The van der Waals surface area contributed by atoms with Gasteiger partial charge in [-0.1, -0.05) is 31.2 Å². The van der Waals surface area contributed by atoms with Gasteiger partial charge in [-0.25, -0.2) is 0 Å². The number of carbonyl (C=O) groups excluding carboxylic acids is 1. The van der Waals surface area contributed by atoms with Gasteiger partial charge in [-0.3, -0.25) is 14.7 Å². The molecule has 1 N–H and O–H groups in total. The summed E-state index contributed by atoms with van der Waals surface area (Å²) in [5.74, 6) is -0.0699. The number of hydrogen-bond donors (Lipinski definition) is 1. The number of rotatable bonds is 6. The zero-order chi connectivity index (χ0) is 20.9. The molecule has 0 radical (unpaired) electrons. The summed E-state index contributed by atoms with van der Waals surface area (Å²) in [6.07, 6.45) is 2.80. The van der Waals surface area contributed by atoms with E-state index in [1.54, 1.807) is 11.3 Å². The van der Waals surface area contributed by atoms with E-state index in [1.165, 1.54) is 4.88 Å². The van der Waals surface area contributed by atoms with Crippen molar-refractivity contribution < 1.29 is 4.79 Å². The van der Waals surface area contributed by atoms with E-state index in [4.69, 9.17) is 4.98 Å². The van der Waals surface area contributed by atoms with Crippen molar-refractivity contribution >= 4 is 22.2 Å². The van der Waals surface area contributed by atoms with Gasteiger partial charge in [-0.15, -0.1) is 11.3 Å². The first-order chi connectivity index (χ1) is 14.7. The molecule has 1 aromatic carbocycles. The molecule has 4 rings (SSSR count). The normalized spacial score (nSPS) is 16.3. The monoisotopic (exact) mass is 420 g/mol. The highest BCUT2D eigenvalue weighted by molar-refractivity contribution is 7.16. The quantitative estimate of drug-likeness (QED) is 0.646. The minimum absolute atomic E-state index is 0.0301. The van der Waals surface area contributed by atoms with Crippen molar-refractivity contribution in [2.75, 3.05) is 38.5 Å². The van der Waals surface area contributed by atoms with Crippen molar-refractivity contribution in [3.8, 4) is 0 Å². The molecule has 1 saturated heterocycles. The number of hydrogen-bond acceptors (Lipinski definition) is 5. The number of anilines is 1. The lowest BCUT2D eigenvalue weighted by molar-refractivity contribution is 0.102. The molecule has 1 aliphatic rings. The molecule has 3 heterocycles. The Morgan fingerprint density at radius 1 is 1.10 bits per heavy atom. The fourth-order valence-corrected chi connectivity index (χ4v) is 4.88. The van der Waals surface area contributed by atoms with E-state index in [0.29, 0.717) is 5.56 Å². The Kier molecular flexibility index (Phi) is 6.57. The summed E-state index contributed by atoms with van der Waals surface area (Å²) < 4.78 is 0. The average Bonchev–Trinajstić information content (AvgIpc) is 3.19. The van der Waals surface area contributed by atoms with Gasteiger partial charge >= 0.3 is 0 Å². The summed E-state index contributed by atoms with van der Waals surface area (Å²) in [4.78, 5) is 23.7. The largest absolute Gasteiger partial charge is 0.313 e. The van der Waals surface area contributed by atoms with E-state index in [-0.39, 0.29) is 11.9 Å². The number of nitrogens with one attached hydrogen (secondary N) is 1. The van der Waals surface area contributed by atoms with Gasteiger partial charge in [0.15, 0.2) is 0 Å². The van der Waals surface area contributed by atoms with Crippen LogP contribution in [0.25, 0.3) is 0 Å². The first-order valence-corrected chi connectivity index (χ1v) is 11.3. The second-order valence-electron chi connectivity index (χ2n) is 7.67. The number of benzene rings is 1. The SMILES string of the molecule is CCc1cc([C@H](c2ccccn2)N2CCN(C)CC2)c(NC(=O)c2ccccc2)s1. The van der Waals surface area contributed by atoms with E-state index in [2.05, 4.69) is 41.2 Å². The number of nitrogens with zero attached hydrogens (tertiary/aromatic N) is 3. The molecular formula is C24H28N4OS. The van der Waals surface area contributed by atoms with Crippen LogP contribution in [0.4, 0.5) is 5.00 Å². The molecule has 156 valence electrons. The maximum atomic E-state index is 12.9. The Bertz CT molecular complexity index is 965. The van der Waals surface area contributed by atoms with Crippen molar-refractivity contribution in [1.29, 1.82) is 0 Å². The van der Waals surface area contributed by atoms with E-state index in [9.17, 15) is 4.79 Å². The first kappa shape index (κ1) is 20.7. The Labute approximate surface area is 182 Å². The van der Waals surface area contributed by atoms with Crippen LogP contribution >= 0.6 is 11.3 Å². The molecule has 2 aromatic heterocycles. The number of carbonyl (C=O) groups is 1. The van der Waals surface area contributed by atoms with Crippen LogP contribution in [0.3, 0.4) is 0 Å². The third-order valence-electron chi connectivity index (χ3n) is 5.59. The second kappa shape index (κ2) is 9.51. The first-order valence-electron chi connectivity index (χ1n) is 10.5. The zero-order valence-electron chi connectivity index (χ0n) is 17.5. The lowest BCUT2D eigenvalue weighted by Crippen LogP contribution is -2.46. The molecule has 5 nitrogen and oxygen atoms in total. The van der Waals surface area contributed by atoms with Gasteiger partial charge < -0.3 is 10.2 Å². The zero-order valence-corrected chi connectivity index (χ0v) is 18.4. The Balaban J connectivity index is 1.71. The van der Waals surface area contributed by atoms with Gasteiger partial charge in [0, 0.05) is 48.4 Å². The molecular weight excluding hydrogens is 392 g/mol. The van der Waals surface area contributed by atoms with Crippen LogP contribution in [0.15, 0.2) is 60.8 Å². The molecule has 6 heteroatoms. The van der Waals surface area contributed by atoms with Gasteiger partial charge in [-0.2, -0.15) is 0 Å². The van der Waals surface area contributed by atoms with Crippen molar-refractivity contribution in [2.24, 2.45) is 0 Å². The van der Waals surface area contributed by atoms with Crippen LogP contribution in [0.2, 0.25) is 0 Å². The number of aryl methyl sites for hydroxylation is 1. The van der Waals surface area contributed by atoms with Crippen molar-refractivity contribution in [3.05, 3.63) is 82.5 Å². The number of amides is 1. The molecule has 3 aromatic rings. The number of likely N-dealkylation sites (N-methyl/N-ethyl adjacent to an activating group) is 1. The summed E-state index contributed by atoms with van der Waals surface area (Å²) in [6, 6.07) is 17.8. The van der Waals surface area contributed by atoms with E-state index < -0.39 is 0 Å². The maximum absolute atomic E-state index is 12.9. The molecule has 1 atom stereocenters. The van der Waals surface area contributed by atoms with Crippen LogP contribution in [-0.2, 0) is 6.42 Å². The van der Waals surface area contributed by atoms with Crippen LogP contribution < -0.4 is 5.32 Å². The minimum atomic E-state index is -0.0699.